The highest BCUT2D eigenvalue weighted by Crippen LogP contribution is 2.41. The van der Waals surface area contributed by atoms with Crippen molar-refractivity contribution in [2.24, 2.45) is 17.4 Å². The number of benzene rings is 2. The van der Waals surface area contributed by atoms with Gasteiger partial charge in [-0.15, -0.1) is 0 Å². The van der Waals surface area contributed by atoms with Crippen LogP contribution in [0.1, 0.15) is 29.2 Å². The zero-order valence-corrected chi connectivity index (χ0v) is 17.2. The number of rotatable bonds is 5. The molecule has 1 aliphatic rings. The van der Waals surface area contributed by atoms with E-state index in [1.54, 1.807) is 4.68 Å². The van der Waals surface area contributed by atoms with Crippen LogP contribution in [-0.4, -0.2) is 26.6 Å². The van der Waals surface area contributed by atoms with Crippen LogP contribution >= 0.6 is 0 Å². The number of hydrogen-bond donors (Lipinski definition) is 3. The number of carbonyl (C=O) groups excluding carboxylic acids is 2. The molecule has 0 radical (unpaired) electrons. The molecule has 1 aliphatic carbocycles. The van der Waals surface area contributed by atoms with Crippen LogP contribution in [0.25, 0.3) is 33.4 Å². The smallest absolute Gasteiger partial charge is 0.254 e. The summed E-state index contributed by atoms with van der Waals surface area (Å²) in [7, 11) is 0. The van der Waals surface area contributed by atoms with Gasteiger partial charge in [-0.05, 0) is 25.0 Å². The van der Waals surface area contributed by atoms with Crippen LogP contribution in [0.15, 0.2) is 60.7 Å². The lowest BCUT2D eigenvalue weighted by Crippen LogP contribution is -2.37. The van der Waals surface area contributed by atoms with E-state index < -0.39 is 5.91 Å². The number of carbonyl (C=O) groups is 2. The standard InChI is InChI=1S/C24H22N6O2/c25-22-20(24(27)32)21(29-30(22)17-10-16(11-17)23(26)31)15-7-6-14-8-9-18(28-19(14)12-15)13-4-2-1-3-5-13/h1-9,12,16-17H,10-11,25H2,(H2,26,31)(H2,27,32). The first-order valence-electron chi connectivity index (χ1n) is 10.4. The lowest BCUT2D eigenvalue weighted by molar-refractivity contribution is -0.125. The second-order valence-electron chi connectivity index (χ2n) is 8.11. The number of nitrogens with two attached hydrogens (primary N) is 3. The van der Waals surface area contributed by atoms with Gasteiger partial charge in [0.15, 0.2) is 0 Å². The third-order valence-corrected chi connectivity index (χ3v) is 6.09. The van der Waals surface area contributed by atoms with Gasteiger partial charge in [0, 0.05) is 22.4 Å². The molecule has 0 spiro atoms. The van der Waals surface area contributed by atoms with Gasteiger partial charge in [0.25, 0.3) is 5.91 Å². The summed E-state index contributed by atoms with van der Waals surface area (Å²) < 4.78 is 1.59. The Bertz CT molecular complexity index is 1360. The predicted octanol–water partition coefficient (Wildman–Crippen LogP) is 2.88. The highest BCUT2D eigenvalue weighted by atomic mass is 16.1. The molecule has 2 amide bonds. The first kappa shape index (κ1) is 19.7. The van der Waals surface area contributed by atoms with Crippen molar-refractivity contribution < 1.29 is 9.59 Å². The van der Waals surface area contributed by atoms with Crippen molar-refractivity contribution in [2.75, 3.05) is 5.73 Å². The molecule has 2 heterocycles. The summed E-state index contributed by atoms with van der Waals surface area (Å²) in [5.41, 5.74) is 21.2. The molecule has 2 aromatic carbocycles. The van der Waals surface area contributed by atoms with Crippen LogP contribution in [0.2, 0.25) is 0 Å². The fraction of sp³-hybridized carbons (Fsp3) is 0.167. The number of nitrogen functional groups attached to an aromatic ring is 1. The molecule has 0 saturated heterocycles. The molecule has 32 heavy (non-hydrogen) atoms. The summed E-state index contributed by atoms with van der Waals surface area (Å²) in [5.74, 6) is -0.991. The quantitative estimate of drug-likeness (QED) is 0.450. The Morgan fingerprint density at radius 1 is 0.938 bits per heavy atom. The molecule has 6 N–H and O–H groups in total. The maximum absolute atomic E-state index is 12.2. The Morgan fingerprint density at radius 3 is 2.34 bits per heavy atom. The van der Waals surface area contributed by atoms with E-state index in [0.717, 1.165) is 22.2 Å². The zero-order valence-electron chi connectivity index (χ0n) is 17.2. The van der Waals surface area contributed by atoms with Crippen LogP contribution < -0.4 is 17.2 Å². The Balaban J connectivity index is 1.57. The fourth-order valence-electron chi connectivity index (χ4n) is 4.22. The SMILES string of the molecule is NC(=O)c1c(-c2ccc3ccc(-c4ccccc4)nc3c2)nn(C2CC(C(N)=O)C2)c1N. The third-order valence-electron chi connectivity index (χ3n) is 6.09. The van der Waals surface area contributed by atoms with Crippen molar-refractivity contribution in [1.82, 2.24) is 14.8 Å². The number of pyridine rings is 1. The van der Waals surface area contributed by atoms with Gasteiger partial charge in [-0.2, -0.15) is 5.10 Å². The highest BCUT2D eigenvalue weighted by Gasteiger charge is 2.37. The first-order chi connectivity index (χ1) is 15.4. The molecule has 0 unspecified atom stereocenters. The Hall–Kier alpha value is -4.20. The van der Waals surface area contributed by atoms with Crippen molar-refractivity contribution in [2.45, 2.75) is 18.9 Å². The first-order valence-corrected chi connectivity index (χ1v) is 10.4. The third kappa shape index (κ3) is 3.26. The van der Waals surface area contributed by atoms with Gasteiger partial charge in [0.2, 0.25) is 5.91 Å². The second kappa shape index (κ2) is 7.49. The van der Waals surface area contributed by atoms with E-state index in [2.05, 4.69) is 5.10 Å². The normalized spacial score (nSPS) is 17.8. The minimum absolute atomic E-state index is 0.0948. The van der Waals surface area contributed by atoms with Gasteiger partial charge >= 0.3 is 0 Å². The van der Waals surface area contributed by atoms with Crippen LogP contribution in [0.3, 0.4) is 0 Å². The lowest BCUT2D eigenvalue weighted by Gasteiger charge is -2.33. The number of primary amides is 2. The monoisotopic (exact) mass is 426 g/mol. The van der Waals surface area contributed by atoms with Gasteiger partial charge in [-0.3, -0.25) is 9.59 Å². The van der Waals surface area contributed by atoms with Gasteiger partial charge in [-0.25, -0.2) is 9.67 Å². The van der Waals surface area contributed by atoms with Crippen LogP contribution in [-0.2, 0) is 4.79 Å². The molecular formula is C24H22N6O2. The lowest BCUT2D eigenvalue weighted by atomic mass is 9.80. The zero-order chi connectivity index (χ0) is 22.4. The van der Waals surface area contributed by atoms with Crippen LogP contribution in [0.4, 0.5) is 5.82 Å². The van der Waals surface area contributed by atoms with E-state index >= 15 is 0 Å². The van der Waals surface area contributed by atoms with E-state index in [-0.39, 0.29) is 29.2 Å². The van der Waals surface area contributed by atoms with Gasteiger partial charge in [0.05, 0.1) is 17.3 Å². The molecule has 0 aliphatic heterocycles. The number of hydrogen-bond acceptors (Lipinski definition) is 5. The molecule has 8 heteroatoms. The topological polar surface area (TPSA) is 143 Å². The highest BCUT2D eigenvalue weighted by molar-refractivity contribution is 6.04. The molecule has 4 aromatic rings. The summed E-state index contributed by atoms with van der Waals surface area (Å²) in [4.78, 5) is 28.4. The molecule has 2 aromatic heterocycles. The Kier molecular flexibility index (Phi) is 4.62. The molecule has 8 nitrogen and oxygen atoms in total. The van der Waals surface area contributed by atoms with Gasteiger partial charge in [-0.1, -0.05) is 48.5 Å². The van der Waals surface area contributed by atoms with Crippen molar-refractivity contribution in [3.05, 3.63) is 66.2 Å². The van der Waals surface area contributed by atoms with E-state index in [0.29, 0.717) is 24.1 Å². The largest absolute Gasteiger partial charge is 0.383 e. The molecule has 160 valence electrons. The molecular weight excluding hydrogens is 404 g/mol. The summed E-state index contributed by atoms with van der Waals surface area (Å²) in [6, 6.07) is 19.5. The number of anilines is 1. The predicted molar refractivity (Wildman–Crippen MR) is 122 cm³/mol. The van der Waals surface area contributed by atoms with Crippen molar-refractivity contribution in [3.63, 3.8) is 0 Å². The summed E-state index contributed by atoms with van der Waals surface area (Å²) in [6.07, 6.45) is 1.08. The molecule has 0 bridgehead atoms. The number of nitrogens with zero attached hydrogens (tertiary/aromatic N) is 3. The molecule has 5 rings (SSSR count). The number of aromatic nitrogens is 3. The minimum Gasteiger partial charge on any atom is -0.383 e. The fourth-order valence-corrected chi connectivity index (χ4v) is 4.22. The Labute approximate surface area is 184 Å². The number of fused-ring (bicyclic) bond motifs is 1. The molecule has 1 saturated carbocycles. The summed E-state index contributed by atoms with van der Waals surface area (Å²) in [5, 5.41) is 5.58. The van der Waals surface area contributed by atoms with Gasteiger partial charge < -0.3 is 17.2 Å². The van der Waals surface area contributed by atoms with Crippen LogP contribution in [0, 0.1) is 5.92 Å². The van der Waals surface area contributed by atoms with Crippen molar-refractivity contribution in [3.8, 4) is 22.5 Å². The average molecular weight is 426 g/mol. The van der Waals surface area contributed by atoms with E-state index in [1.807, 2.05) is 60.7 Å². The average Bonchev–Trinajstić information content (AvgIpc) is 3.09. The minimum atomic E-state index is -0.652. The maximum atomic E-state index is 12.2. The number of amides is 2. The van der Waals surface area contributed by atoms with Crippen LogP contribution in [0.5, 0.6) is 0 Å². The van der Waals surface area contributed by atoms with E-state index in [4.69, 9.17) is 22.2 Å². The van der Waals surface area contributed by atoms with Crippen molar-refractivity contribution >= 4 is 28.5 Å². The Morgan fingerprint density at radius 2 is 1.66 bits per heavy atom. The molecule has 0 atom stereocenters. The van der Waals surface area contributed by atoms with Crippen molar-refractivity contribution in [1.29, 1.82) is 0 Å². The van der Waals surface area contributed by atoms with Gasteiger partial charge in [0.1, 0.15) is 17.1 Å². The summed E-state index contributed by atoms with van der Waals surface area (Å²) >= 11 is 0. The van der Waals surface area contributed by atoms with E-state index in [9.17, 15) is 9.59 Å². The molecule has 1 fully saturated rings. The maximum Gasteiger partial charge on any atom is 0.254 e. The summed E-state index contributed by atoms with van der Waals surface area (Å²) in [6.45, 7) is 0. The second-order valence-corrected chi connectivity index (χ2v) is 8.11. The van der Waals surface area contributed by atoms with E-state index in [1.165, 1.54) is 0 Å².